The number of anilines is 3. The number of aryl methyl sites for hydroxylation is 1. The second kappa shape index (κ2) is 24.3. The molecule has 2 atom stereocenters. The first kappa shape index (κ1) is 58.0. The van der Waals surface area contributed by atoms with Crippen LogP contribution in [0.25, 0.3) is 22.2 Å². The molecule has 10 rings (SSSR count). The van der Waals surface area contributed by atoms with Crippen molar-refractivity contribution >= 4 is 39.8 Å². The van der Waals surface area contributed by atoms with Gasteiger partial charge in [0.2, 0.25) is 0 Å². The van der Waals surface area contributed by atoms with Crippen LogP contribution < -0.4 is 43.1 Å². The maximum atomic E-state index is 18.4. The van der Waals surface area contributed by atoms with Gasteiger partial charge in [0, 0.05) is 44.8 Å². The molecule has 2 aliphatic rings. The summed E-state index contributed by atoms with van der Waals surface area (Å²) >= 11 is 7.30. The number of hydrogen-bond acceptors (Lipinski definition) is 14. The zero-order valence-corrected chi connectivity index (χ0v) is 47.5. The summed E-state index contributed by atoms with van der Waals surface area (Å²) in [5.74, 6) is -1.68. The smallest absolute Gasteiger partial charge is 0.418 e. The van der Waals surface area contributed by atoms with Gasteiger partial charge >= 0.3 is 12.2 Å². The number of methoxy groups -OCH3 is 4. The highest BCUT2D eigenvalue weighted by Gasteiger charge is 2.44. The maximum Gasteiger partial charge on any atom is 0.418 e. The number of hydrogen-bond donors (Lipinski definition) is 0. The molecule has 0 radical (unpaired) electrons. The Balaban J connectivity index is 1.11. The van der Waals surface area contributed by atoms with Crippen molar-refractivity contribution in [1.29, 1.82) is 0 Å². The van der Waals surface area contributed by atoms with Crippen molar-refractivity contribution in [3.8, 4) is 46.0 Å². The van der Waals surface area contributed by atoms with Crippen molar-refractivity contribution in [2.75, 3.05) is 76.5 Å². The fourth-order valence-electron chi connectivity index (χ4n) is 10.6. The Labute approximate surface area is 482 Å². The van der Waals surface area contributed by atoms with Crippen LogP contribution in [0.4, 0.5) is 43.7 Å². The second-order valence-electron chi connectivity index (χ2n) is 20.6. The predicted octanol–water partition coefficient (Wildman–Crippen LogP) is 13.3. The van der Waals surface area contributed by atoms with Gasteiger partial charge < -0.3 is 43.1 Å². The second-order valence-corrected chi connectivity index (χ2v) is 21.0. The summed E-state index contributed by atoms with van der Waals surface area (Å²) in [6, 6.07) is 31.4. The average Bonchev–Trinajstić information content (AvgIpc) is 2.40. The van der Waals surface area contributed by atoms with Crippen LogP contribution in [0.3, 0.4) is 0 Å². The van der Waals surface area contributed by atoms with Crippen molar-refractivity contribution in [1.82, 2.24) is 24.8 Å². The van der Waals surface area contributed by atoms with Gasteiger partial charge in [-0.2, -0.15) is 23.1 Å². The van der Waals surface area contributed by atoms with Gasteiger partial charge in [-0.3, -0.25) is 9.88 Å². The quantitative estimate of drug-likeness (QED) is 0.0673. The van der Waals surface area contributed by atoms with Gasteiger partial charge in [0.25, 0.3) is 5.92 Å². The van der Waals surface area contributed by atoms with Crippen LogP contribution in [0.5, 0.6) is 34.8 Å². The third-order valence-corrected chi connectivity index (χ3v) is 15.4. The van der Waals surface area contributed by atoms with E-state index in [1.165, 1.54) is 17.9 Å². The summed E-state index contributed by atoms with van der Waals surface area (Å²) in [5, 5.41) is -0.551. The highest BCUT2D eigenvalue weighted by Crippen LogP contribution is 2.51. The zero-order chi connectivity index (χ0) is 58.7. The van der Waals surface area contributed by atoms with Crippen LogP contribution in [0.15, 0.2) is 122 Å². The molecule has 1 saturated heterocycles. The van der Waals surface area contributed by atoms with Crippen molar-refractivity contribution < 1.29 is 54.8 Å². The monoisotopic (exact) mass is 1160 g/mol. The molecular formula is C62H61ClF6N8O6. The third-order valence-electron chi connectivity index (χ3n) is 15.1. The molecule has 3 aromatic heterocycles. The van der Waals surface area contributed by atoms with Gasteiger partial charge in [-0.1, -0.05) is 60.1 Å². The molecule has 434 valence electrons. The van der Waals surface area contributed by atoms with Crippen molar-refractivity contribution in [3.05, 3.63) is 171 Å². The molecule has 83 heavy (non-hydrogen) atoms. The van der Waals surface area contributed by atoms with Gasteiger partial charge in [-0.05, 0) is 115 Å². The minimum Gasteiger partial charge on any atom is -0.497 e. The lowest BCUT2D eigenvalue weighted by atomic mass is 9.98. The Bertz CT molecular complexity index is 3490. The molecule has 5 aromatic carbocycles. The van der Waals surface area contributed by atoms with Gasteiger partial charge in [0.15, 0.2) is 11.6 Å². The van der Waals surface area contributed by atoms with Gasteiger partial charge in [0.1, 0.15) is 53.4 Å². The van der Waals surface area contributed by atoms with Crippen molar-refractivity contribution in [3.63, 3.8) is 0 Å². The Morgan fingerprint density at radius 2 is 1.25 bits per heavy atom. The number of likely N-dealkylation sites (tertiary alicyclic amines) is 1. The van der Waals surface area contributed by atoms with Gasteiger partial charge in [-0.25, -0.2) is 18.2 Å². The SMILES string of the molecule is COc1ccc(CN(Cc2ccc(OC)cc2)c2cncc(C(C)N3CCOc4c(Cl)c(-c5nc(N(Cc6ccc(OC)cc6)Cc6ccc(OC)cc6)cc(C)c5C(F)(F)F)c(F)c5nc(OC[C@@H]6CC(F)(F)CN6C)nc3c45)c2)cc1. The lowest BCUT2D eigenvalue weighted by Crippen LogP contribution is -2.32. The third kappa shape index (κ3) is 12.7. The van der Waals surface area contributed by atoms with Gasteiger partial charge in [0.05, 0.1) is 86.7 Å². The van der Waals surface area contributed by atoms with E-state index in [0.717, 1.165) is 27.9 Å². The number of pyridine rings is 2. The maximum absolute atomic E-state index is 18.4. The Hall–Kier alpha value is -8.23. The first-order valence-electron chi connectivity index (χ1n) is 26.7. The molecule has 0 amide bonds. The largest absolute Gasteiger partial charge is 0.497 e. The number of likely N-dealkylation sites (N-methyl/N-ethyl adjacent to an activating group) is 1. The number of aromatic nitrogens is 4. The molecule has 0 bridgehead atoms. The number of rotatable bonds is 20. The molecule has 2 aliphatic heterocycles. The Morgan fingerprint density at radius 1 is 0.735 bits per heavy atom. The molecule has 1 fully saturated rings. The van der Waals surface area contributed by atoms with E-state index < -0.39 is 76.3 Å². The van der Waals surface area contributed by atoms with E-state index in [1.807, 2.05) is 90.7 Å². The van der Waals surface area contributed by atoms with E-state index >= 15 is 17.6 Å². The molecule has 5 heterocycles. The standard InChI is InChI=1S/C62H61ClF6N8O6/c1-37-26-50(76(33-41-12-20-48(80-6)21-13-41)34-42-14-22-49(81-7)23-15-42)71-56(53(37)62(67,68)69)51-54(63)58-52-57(55(51)64)72-60(83-35-45-28-61(65,66)36-74(45)3)73-59(52)77(24-25-82-58)38(2)43-27-44(30-70-29-43)75(31-39-8-16-46(78-4)17-9-39)32-40-10-18-47(79-5)19-11-40/h8-23,26-27,29-30,38,45H,24-25,28,31-36H2,1-7H3/t38?,45-/m0/s1. The first-order valence-corrected chi connectivity index (χ1v) is 27.1. The lowest BCUT2D eigenvalue weighted by Gasteiger charge is -2.31. The zero-order valence-electron chi connectivity index (χ0n) is 46.7. The number of benzene rings is 5. The molecule has 14 nitrogen and oxygen atoms in total. The summed E-state index contributed by atoms with van der Waals surface area (Å²) in [6.07, 6.45) is -2.13. The first-order chi connectivity index (χ1) is 39.8. The van der Waals surface area contributed by atoms with Crippen molar-refractivity contribution in [2.45, 2.75) is 70.6 Å². The number of halogens is 7. The molecule has 0 saturated carbocycles. The summed E-state index contributed by atoms with van der Waals surface area (Å²) in [7, 11) is 7.84. The summed E-state index contributed by atoms with van der Waals surface area (Å²) in [6.45, 7) is 3.61. The van der Waals surface area contributed by atoms with Crippen molar-refractivity contribution in [2.24, 2.45) is 0 Å². The highest BCUT2D eigenvalue weighted by molar-refractivity contribution is 6.36. The minimum absolute atomic E-state index is 0.0516. The highest BCUT2D eigenvalue weighted by atomic mass is 35.5. The van der Waals surface area contributed by atoms with E-state index in [0.29, 0.717) is 41.7 Å². The Morgan fingerprint density at radius 3 is 1.73 bits per heavy atom. The molecule has 8 aromatic rings. The number of alkyl halides is 5. The van der Waals surface area contributed by atoms with E-state index in [9.17, 15) is 8.78 Å². The molecule has 0 aliphatic carbocycles. The molecular weight excluding hydrogens is 1100 g/mol. The number of nitrogens with zero attached hydrogens (tertiary/aromatic N) is 8. The van der Waals surface area contributed by atoms with Crippen LogP contribution in [0, 0.1) is 12.7 Å². The van der Waals surface area contributed by atoms with E-state index in [4.69, 9.17) is 55.0 Å². The molecule has 0 spiro atoms. The summed E-state index contributed by atoms with van der Waals surface area (Å²) in [4.78, 5) is 26.0. The lowest BCUT2D eigenvalue weighted by molar-refractivity contribution is -0.137. The minimum atomic E-state index is -5.07. The molecule has 1 unspecified atom stereocenters. The van der Waals surface area contributed by atoms with E-state index in [2.05, 4.69) is 9.88 Å². The normalized spacial score (nSPS) is 15.3. The summed E-state index contributed by atoms with van der Waals surface area (Å²) < 4.78 is 129. The average molecular weight is 1160 g/mol. The van der Waals surface area contributed by atoms with Crippen LogP contribution in [0.1, 0.15) is 58.3 Å². The van der Waals surface area contributed by atoms with Gasteiger partial charge in [-0.15, -0.1) is 0 Å². The van der Waals surface area contributed by atoms with Crippen LogP contribution in [-0.4, -0.2) is 98.6 Å². The topological polar surface area (TPSA) is 120 Å². The number of ether oxygens (including phenoxy) is 6. The fraction of sp³-hybridized carbons (Fsp3) is 0.323. The molecule has 0 N–H and O–H groups in total. The Kier molecular flexibility index (Phi) is 17.0. The van der Waals surface area contributed by atoms with Crippen LogP contribution >= 0.6 is 11.6 Å². The fourth-order valence-corrected chi connectivity index (χ4v) is 11.0. The van der Waals surface area contributed by atoms with E-state index in [1.54, 1.807) is 77.0 Å². The van der Waals surface area contributed by atoms with Crippen LogP contribution in [-0.2, 0) is 32.4 Å². The van der Waals surface area contributed by atoms with Crippen LogP contribution in [0.2, 0.25) is 5.02 Å². The molecule has 21 heteroatoms. The van der Waals surface area contributed by atoms with E-state index in [-0.39, 0.29) is 61.2 Å². The summed E-state index contributed by atoms with van der Waals surface area (Å²) in [5.41, 5.74) is 1.48. The predicted molar refractivity (Wildman–Crippen MR) is 306 cm³/mol.